The molecule has 116 valence electrons. The number of benzene rings is 1. The number of aryl methyl sites for hydroxylation is 1. The molecule has 0 saturated carbocycles. The lowest BCUT2D eigenvalue weighted by Gasteiger charge is -1.99. The molecule has 0 unspecified atom stereocenters. The van der Waals surface area contributed by atoms with Crippen molar-refractivity contribution in [2.45, 2.75) is 16.5 Å². The van der Waals surface area contributed by atoms with E-state index in [0.29, 0.717) is 11.1 Å². The van der Waals surface area contributed by atoms with Gasteiger partial charge in [0.1, 0.15) is 5.75 Å². The normalized spacial score (nSPS) is 11.2. The molecule has 0 aliphatic rings. The van der Waals surface area contributed by atoms with Crippen molar-refractivity contribution in [2.24, 2.45) is 0 Å². The van der Waals surface area contributed by atoms with Crippen LogP contribution in [0, 0.1) is 6.92 Å². The van der Waals surface area contributed by atoms with Crippen molar-refractivity contribution in [1.29, 1.82) is 0 Å². The molecule has 0 N–H and O–H groups in total. The van der Waals surface area contributed by atoms with Gasteiger partial charge in [0.2, 0.25) is 10.9 Å². The summed E-state index contributed by atoms with van der Waals surface area (Å²) < 4.78 is 13.4. The van der Waals surface area contributed by atoms with Crippen LogP contribution in [0.1, 0.15) is 5.69 Å². The smallest absolute Gasteiger partial charge is 0.284 e. The second-order valence-corrected chi connectivity index (χ2v) is 6.84. The van der Waals surface area contributed by atoms with Gasteiger partial charge in [-0.05, 0) is 31.2 Å². The minimum Gasteiger partial charge on any atom is -0.497 e. The Morgan fingerprint density at radius 3 is 2.78 bits per heavy atom. The molecule has 0 amide bonds. The molecule has 0 saturated heterocycles. The Labute approximate surface area is 139 Å². The summed E-state index contributed by atoms with van der Waals surface area (Å²) >= 11 is 2.81. The zero-order valence-corrected chi connectivity index (χ0v) is 13.9. The van der Waals surface area contributed by atoms with E-state index in [4.69, 9.17) is 9.15 Å². The molecular weight excluding hydrogens is 334 g/mol. The van der Waals surface area contributed by atoms with E-state index < -0.39 is 0 Å². The third-order valence-electron chi connectivity index (χ3n) is 3.06. The van der Waals surface area contributed by atoms with E-state index in [-0.39, 0.29) is 0 Å². The summed E-state index contributed by atoms with van der Waals surface area (Å²) in [6.07, 6.45) is 1.88. The molecule has 23 heavy (non-hydrogen) atoms. The van der Waals surface area contributed by atoms with Crippen molar-refractivity contribution in [3.05, 3.63) is 36.2 Å². The Morgan fingerprint density at radius 1 is 1.22 bits per heavy atom. The van der Waals surface area contributed by atoms with Crippen LogP contribution < -0.4 is 4.74 Å². The highest BCUT2D eigenvalue weighted by molar-refractivity contribution is 8.00. The quantitative estimate of drug-likeness (QED) is 0.561. The second-order valence-electron chi connectivity index (χ2n) is 4.68. The Morgan fingerprint density at radius 2 is 2.04 bits per heavy atom. The largest absolute Gasteiger partial charge is 0.497 e. The summed E-state index contributed by atoms with van der Waals surface area (Å²) in [5.74, 6) is 1.25. The molecule has 0 radical (unpaired) electrons. The van der Waals surface area contributed by atoms with Gasteiger partial charge in [0.05, 0.1) is 19.0 Å². The first-order valence-electron chi connectivity index (χ1n) is 6.70. The van der Waals surface area contributed by atoms with Crippen LogP contribution in [0.3, 0.4) is 0 Å². The maximum absolute atomic E-state index is 5.68. The van der Waals surface area contributed by atoms with Crippen LogP contribution in [0.25, 0.3) is 16.4 Å². The molecule has 1 aromatic carbocycles. The molecule has 4 aromatic rings. The Hall–Kier alpha value is -2.39. The zero-order chi connectivity index (χ0) is 15.8. The molecule has 3 heterocycles. The fraction of sp³-hybridized carbons (Fsp3) is 0.143. The van der Waals surface area contributed by atoms with Gasteiger partial charge in [0.15, 0.2) is 4.34 Å². The lowest BCUT2D eigenvalue weighted by Crippen LogP contribution is -1.82. The van der Waals surface area contributed by atoms with E-state index in [1.807, 2.05) is 37.4 Å². The maximum Gasteiger partial charge on any atom is 0.284 e. The molecule has 9 heteroatoms. The number of fused-ring (bicyclic) bond motifs is 1. The Bertz CT molecular complexity index is 926. The van der Waals surface area contributed by atoms with Gasteiger partial charge in [-0.15, -0.1) is 15.3 Å². The third kappa shape index (κ3) is 2.80. The van der Waals surface area contributed by atoms with Gasteiger partial charge in [-0.2, -0.15) is 0 Å². The van der Waals surface area contributed by atoms with Crippen LogP contribution in [-0.4, -0.2) is 31.9 Å². The number of methoxy groups -OCH3 is 1. The fourth-order valence-corrected chi connectivity index (χ4v) is 3.75. The summed E-state index contributed by atoms with van der Waals surface area (Å²) in [6.45, 7) is 1.94. The van der Waals surface area contributed by atoms with Gasteiger partial charge in [0.25, 0.3) is 5.22 Å². The first-order valence-corrected chi connectivity index (χ1v) is 8.33. The average Bonchev–Trinajstić information content (AvgIpc) is 3.23. The molecule has 0 aliphatic heterocycles. The van der Waals surface area contributed by atoms with Crippen LogP contribution in [-0.2, 0) is 0 Å². The number of ether oxygens (including phenoxy) is 1. The average molecular weight is 345 g/mol. The molecule has 4 rings (SSSR count). The van der Waals surface area contributed by atoms with E-state index in [1.54, 1.807) is 11.6 Å². The van der Waals surface area contributed by atoms with E-state index in [0.717, 1.165) is 26.3 Å². The summed E-state index contributed by atoms with van der Waals surface area (Å²) in [5, 5.41) is 13.0. The van der Waals surface area contributed by atoms with Crippen molar-refractivity contribution in [1.82, 2.24) is 24.8 Å². The molecule has 0 spiro atoms. The van der Waals surface area contributed by atoms with Gasteiger partial charge in [-0.1, -0.05) is 11.3 Å². The summed E-state index contributed by atoms with van der Waals surface area (Å²) in [4.78, 5) is 5.22. The topological polar surface area (TPSA) is 78.3 Å². The van der Waals surface area contributed by atoms with Crippen LogP contribution in [0.15, 0.2) is 44.4 Å². The van der Waals surface area contributed by atoms with E-state index in [9.17, 15) is 0 Å². The third-order valence-corrected chi connectivity index (χ3v) is 4.88. The molecule has 0 fully saturated rings. The van der Waals surface area contributed by atoms with E-state index in [2.05, 4.69) is 20.3 Å². The zero-order valence-electron chi connectivity index (χ0n) is 12.3. The van der Waals surface area contributed by atoms with Gasteiger partial charge < -0.3 is 9.15 Å². The van der Waals surface area contributed by atoms with Crippen molar-refractivity contribution in [3.63, 3.8) is 0 Å². The summed E-state index contributed by atoms with van der Waals surface area (Å²) in [7, 11) is 1.63. The minimum absolute atomic E-state index is 0.449. The molecular formula is C14H11N5O2S2. The highest BCUT2D eigenvalue weighted by Gasteiger charge is 2.14. The van der Waals surface area contributed by atoms with Gasteiger partial charge in [-0.3, -0.25) is 0 Å². The molecule has 0 atom stereocenters. The number of rotatable bonds is 4. The van der Waals surface area contributed by atoms with E-state index >= 15 is 0 Å². The number of hydrogen-bond acceptors (Lipinski definition) is 8. The number of aromatic nitrogens is 5. The summed E-state index contributed by atoms with van der Waals surface area (Å²) in [5.41, 5.74) is 1.79. The fourth-order valence-electron chi connectivity index (χ4n) is 2.01. The summed E-state index contributed by atoms with van der Waals surface area (Å²) in [6, 6.07) is 7.46. The Balaban J connectivity index is 1.55. The predicted molar refractivity (Wildman–Crippen MR) is 86.0 cm³/mol. The van der Waals surface area contributed by atoms with Crippen molar-refractivity contribution >= 4 is 28.1 Å². The van der Waals surface area contributed by atoms with Crippen molar-refractivity contribution < 1.29 is 9.15 Å². The monoisotopic (exact) mass is 345 g/mol. The van der Waals surface area contributed by atoms with E-state index in [1.165, 1.54) is 23.1 Å². The lowest BCUT2D eigenvalue weighted by molar-refractivity contribution is 0.414. The van der Waals surface area contributed by atoms with Crippen LogP contribution >= 0.6 is 23.1 Å². The molecule has 0 aliphatic carbocycles. The standard InChI is InChI=1S/C14H11N5O2S2/c1-8-7-19-12(15-8)22-14(18-19)23-13-17-16-11(21-13)9-3-5-10(20-2)6-4-9/h3-7H,1-2H3. The highest BCUT2D eigenvalue weighted by Crippen LogP contribution is 2.32. The number of imidazole rings is 1. The van der Waals surface area contributed by atoms with Gasteiger partial charge >= 0.3 is 0 Å². The van der Waals surface area contributed by atoms with Crippen LogP contribution in [0.4, 0.5) is 0 Å². The van der Waals surface area contributed by atoms with Gasteiger partial charge in [-0.25, -0.2) is 9.50 Å². The van der Waals surface area contributed by atoms with Crippen molar-refractivity contribution in [3.8, 4) is 17.2 Å². The van der Waals surface area contributed by atoms with Gasteiger partial charge in [0, 0.05) is 17.3 Å². The maximum atomic E-state index is 5.68. The Kier molecular flexibility index (Phi) is 3.50. The first-order chi connectivity index (χ1) is 11.2. The molecule has 0 bridgehead atoms. The molecule has 3 aromatic heterocycles. The predicted octanol–water partition coefficient (Wildman–Crippen LogP) is 3.31. The first kappa shape index (κ1) is 14.2. The minimum atomic E-state index is 0.449. The SMILES string of the molecule is COc1ccc(-c2nnc(Sc3nn4cc(C)nc4s3)o2)cc1. The number of hydrogen-bond donors (Lipinski definition) is 0. The number of nitrogens with zero attached hydrogens (tertiary/aromatic N) is 5. The molecule has 7 nitrogen and oxygen atoms in total. The van der Waals surface area contributed by atoms with Crippen molar-refractivity contribution in [2.75, 3.05) is 7.11 Å². The van der Waals surface area contributed by atoms with Crippen LogP contribution in [0.5, 0.6) is 5.75 Å². The highest BCUT2D eigenvalue weighted by atomic mass is 32.2. The van der Waals surface area contributed by atoms with Crippen LogP contribution in [0.2, 0.25) is 0 Å². The lowest BCUT2D eigenvalue weighted by atomic mass is 10.2. The second kappa shape index (κ2) is 5.67.